The number of fused-ring (bicyclic) bond motifs is 1. The van der Waals surface area contributed by atoms with Crippen LogP contribution in [0.4, 0.5) is 4.39 Å². The van der Waals surface area contributed by atoms with Crippen molar-refractivity contribution in [1.29, 1.82) is 0 Å². The highest BCUT2D eigenvalue weighted by Crippen LogP contribution is 2.33. The summed E-state index contributed by atoms with van der Waals surface area (Å²) >= 11 is 2.04. The number of halogens is 1. The average molecular weight is 475 g/mol. The topological polar surface area (TPSA) is 58.6 Å². The van der Waals surface area contributed by atoms with Gasteiger partial charge in [-0.1, -0.05) is 37.8 Å². The Morgan fingerprint density at radius 1 is 1.09 bits per heavy atom. The highest BCUT2D eigenvalue weighted by molar-refractivity contribution is 7.99. The third-order valence-electron chi connectivity index (χ3n) is 6.85. The number of nitrogens with zero attached hydrogens (tertiary/aromatic N) is 1. The van der Waals surface area contributed by atoms with Crippen LogP contribution in [0.25, 0.3) is 6.08 Å². The van der Waals surface area contributed by atoms with Crippen molar-refractivity contribution in [3.05, 3.63) is 41.4 Å². The Balaban J connectivity index is 1.31. The fourth-order valence-electron chi connectivity index (χ4n) is 5.06. The van der Waals surface area contributed by atoms with Crippen LogP contribution >= 0.6 is 11.8 Å². The molecule has 1 aromatic carbocycles. The van der Waals surface area contributed by atoms with Crippen LogP contribution in [0.3, 0.4) is 0 Å². The number of rotatable bonds is 8. The number of ether oxygens (including phenoxy) is 1. The van der Waals surface area contributed by atoms with Gasteiger partial charge in [-0.05, 0) is 68.0 Å². The van der Waals surface area contributed by atoms with Crippen LogP contribution in [0.1, 0.15) is 69.8 Å². The molecule has 1 saturated heterocycles. The van der Waals surface area contributed by atoms with Gasteiger partial charge in [0.25, 0.3) is 5.91 Å². The first-order chi connectivity index (χ1) is 16.1. The van der Waals surface area contributed by atoms with Gasteiger partial charge in [0.15, 0.2) is 5.76 Å². The van der Waals surface area contributed by atoms with Crippen LogP contribution < -0.4 is 5.32 Å². The van der Waals surface area contributed by atoms with E-state index in [9.17, 15) is 14.0 Å². The highest BCUT2D eigenvalue weighted by Gasteiger charge is 2.42. The zero-order chi connectivity index (χ0) is 23.0. The average Bonchev–Trinajstić information content (AvgIpc) is 2.83. The number of carbonyl (C=O) groups excluding carboxylic acids is 2. The predicted octanol–water partition coefficient (Wildman–Crippen LogP) is 4.91. The van der Waals surface area contributed by atoms with E-state index in [4.69, 9.17) is 4.74 Å². The van der Waals surface area contributed by atoms with Crippen LogP contribution in [0, 0.1) is 5.82 Å². The maximum absolute atomic E-state index is 13.2. The fourth-order valence-corrected chi connectivity index (χ4v) is 6.38. The van der Waals surface area contributed by atoms with E-state index >= 15 is 0 Å². The molecule has 0 radical (unpaired) electrons. The second-order valence-electron chi connectivity index (χ2n) is 9.34. The van der Waals surface area contributed by atoms with E-state index < -0.39 is 0 Å². The van der Waals surface area contributed by atoms with Gasteiger partial charge in [0.05, 0.1) is 6.04 Å². The van der Waals surface area contributed by atoms with E-state index in [1.165, 1.54) is 44.2 Å². The molecule has 2 atom stereocenters. The van der Waals surface area contributed by atoms with Crippen molar-refractivity contribution >= 4 is 29.7 Å². The summed E-state index contributed by atoms with van der Waals surface area (Å²) in [4.78, 5) is 27.6. The van der Waals surface area contributed by atoms with Gasteiger partial charge in [0.2, 0.25) is 5.91 Å². The Morgan fingerprint density at radius 3 is 2.61 bits per heavy atom. The van der Waals surface area contributed by atoms with E-state index in [1.807, 2.05) is 11.8 Å². The van der Waals surface area contributed by atoms with Crippen LogP contribution in [0.2, 0.25) is 0 Å². The third kappa shape index (κ3) is 6.75. The molecule has 2 aliphatic carbocycles. The third-order valence-corrected chi connectivity index (χ3v) is 8.32. The highest BCUT2D eigenvalue weighted by atomic mass is 32.2. The second-order valence-corrected chi connectivity index (χ2v) is 10.7. The molecule has 1 N–H and O–H groups in total. The van der Waals surface area contributed by atoms with Gasteiger partial charge >= 0.3 is 0 Å². The molecule has 2 unspecified atom stereocenters. The minimum Gasteiger partial charge on any atom is -0.482 e. The molecular formula is C26H35FN2O3S. The van der Waals surface area contributed by atoms with Gasteiger partial charge < -0.3 is 15.0 Å². The number of nitrogens with one attached hydrogen (secondary N) is 1. The normalized spacial score (nSPS) is 24.9. The van der Waals surface area contributed by atoms with Gasteiger partial charge in [-0.2, -0.15) is 11.8 Å². The molecule has 3 fully saturated rings. The maximum Gasteiger partial charge on any atom is 0.289 e. The molecule has 3 aliphatic rings. The summed E-state index contributed by atoms with van der Waals surface area (Å²) in [6.45, 7) is 0.698. The van der Waals surface area contributed by atoms with E-state index in [1.54, 1.807) is 23.1 Å². The van der Waals surface area contributed by atoms with Crippen LogP contribution in [-0.2, 0) is 14.3 Å². The van der Waals surface area contributed by atoms with Crippen molar-refractivity contribution in [3.8, 4) is 0 Å². The van der Waals surface area contributed by atoms with Gasteiger partial charge in [-0.25, -0.2) is 4.39 Å². The lowest BCUT2D eigenvalue weighted by Gasteiger charge is -2.44. The number of hydrogen-bond acceptors (Lipinski definition) is 4. The molecule has 4 rings (SSSR count). The van der Waals surface area contributed by atoms with Gasteiger partial charge in [0.1, 0.15) is 18.5 Å². The fraction of sp³-hybridized carbons (Fsp3) is 0.615. The van der Waals surface area contributed by atoms with Gasteiger partial charge in [0, 0.05) is 11.8 Å². The van der Waals surface area contributed by atoms with Gasteiger partial charge in [-0.3, -0.25) is 9.59 Å². The van der Waals surface area contributed by atoms with Crippen molar-refractivity contribution in [2.24, 2.45) is 0 Å². The number of hydrogen-bond donors (Lipinski definition) is 1. The number of thioether (sulfide) groups is 1. The zero-order valence-electron chi connectivity index (χ0n) is 19.3. The van der Waals surface area contributed by atoms with E-state index in [2.05, 4.69) is 5.32 Å². The lowest BCUT2D eigenvalue weighted by atomic mass is 9.89. The largest absolute Gasteiger partial charge is 0.482 e. The Morgan fingerprint density at radius 2 is 1.82 bits per heavy atom. The molecule has 7 heteroatoms. The Hall–Kier alpha value is -2.02. The molecule has 1 aromatic rings. The van der Waals surface area contributed by atoms with E-state index in [0.717, 1.165) is 43.1 Å². The van der Waals surface area contributed by atoms with E-state index in [0.29, 0.717) is 12.1 Å². The summed E-state index contributed by atoms with van der Waals surface area (Å²) in [5, 5.41) is 3.79. The van der Waals surface area contributed by atoms with Crippen molar-refractivity contribution in [3.63, 3.8) is 0 Å². The number of carbonyl (C=O) groups is 2. The molecule has 33 heavy (non-hydrogen) atoms. The Labute approximate surface area is 200 Å². The summed E-state index contributed by atoms with van der Waals surface area (Å²) in [7, 11) is 0. The summed E-state index contributed by atoms with van der Waals surface area (Å²) in [6.07, 6.45) is 13.0. The maximum atomic E-state index is 13.2. The molecule has 2 saturated carbocycles. The standard InChI is InChI=1S/C26H35FN2O3S/c27-20-13-11-19(12-14-20)17-24-26(31)29(22-9-4-5-10-23(22)32-24)18-25(30)28-15-6-16-33-21-7-2-1-3-8-21/h11-14,17,21-23H,1-10,15-16,18H2,(H,28,30)/b24-17+. The summed E-state index contributed by atoms with van der Waals surface area (Å²) in [5.74, 6) is 0.609. The SMILES string of the molecule is O=C(CN1C(=O)/C(=C\c2ccc(F)cc2)OC2CCCCC21)NCCCSC1CCCCC1. The smallest absolute Gasteiger partial charge is 0.289 e. The number of amides is 2. The Bertz CT molecular complexity index is 838. The summed E-state index contributed by atoms with van der Waals surface area (Å²) in [6, 6.07) is 5.90. The minimum absolute atomic E-state index is 0.0554. The quantitative estimate of drug-likeness (QED) is 0.430. The monoisotopic (exact) mass is 474 g/mol. The lowest BCUT2D eigenvalue weighted by Crippen LogP contribution is -2.57. The Kier molecular flexibility index (Phi) is 8.70. The summed E-state index contributed by atoms with van der Waals surface area (Å²) in [5.41, 5.74) is 0.703. The molecule has 1 heterocycles. The van der Waals surface area contributed by atoms with Crippen molar-refractivity contribution in [1.82, 2.24) is 10.2 Å². The molecular weight excluding hydrogens is 439 g/mol. The summed E-state index contributed by atoms with van der Waals surface area (Å²) < 4.78 is 19.3. The molecule has 0 bridgehead atoms. The molecule has 5 nitrogen and oxygen atoms in total. The number of morpholine rings is 1. The first-order valence-electron chi connectivity index (χ1n) is 12.4. The van der Waals surface area contributed by atoms with Crippen molar-refractivity contribution < 1.29 is 18.7 Å². The van der Waals surface area contributed by atoms with Crippen LogP contribution in [-0.4, -0.2) is 53.0 Å². The van der Waals surface area contributed by atoms with Gasteiger partial charge in [-0.15, -0.1) is 0 Å². The first kappa shape index (κ1) is 24.1. The zero-order valence-corrected chi connectivity index (χ0v) is 20.1. The molecule has 1 aliphatic heterocycles. The van der Waals surface area contributed by atoms with Crippen LogP contribution in [0.15, 0.2) is 30.0 Å². The predicted molar refractivity (Wildman–Crippen MR) is 130 cm³/mol. The number of benzene rings is 1. The van der Waals surface area contributed by atoms with Crippen LogP contribution in [0.5, 0.6) is 0 Å². The molecule has 180 valence electrons. The molecule has 0 aromatic heterocycles. The van der Waals surface area contributed by atoms with E-state index in [-0.39, 0.29) is 42.1 Å². The minimum atomic E-state index is -0.323. The van der Waals surface area contributed by atoms with Crippen molar-refractivity contribution in [2.75, 3.05) is 18.8 Å². The lowest BCUT2D eigenvalue weighted by molar-refractivity contribution is -0.151. The molecule has 0 spiro atoms. The second kappa shape index (κ2) is 11.9. The molecule has 2 amide bonds. The first-order valence-corrected chi connectivity index (χ1v) is 13.5. The van der Waals surface area contributed by atoms with Crippen molar-refractivity contribution in [2.45, 2.75) is 81.6 Å².